The summed E-state index contributed by atoms with van der Waals surface area (Å²) in [5.74, 6) is 0.945. The lowest BCUT2D eigenvalue weighted by atomic mass is 10.1. The molecule has 2 aromatic carbocycles. The van der Waals surface area contributed by atoms with Crippen LogP contribution < -0.4 is 9.46 Å². The molecule has 3 aromatic rings. The van der Waals surface area contributed by atoms with E-state index in [0.29, 0.717) is 32.7 Å². The monoisotopic (exact) mass is 439 g/mol. The number of benzene rings is 2. The van der Waals surface area contributed by atoms with Crippen molar-refractivity contribution in [3.8, 4) is 5.75 Å². The summed E-state index contributed by atoms with van der Waals surface area (Å²) in [6.07, 6.45) is 3.38. The molecule has 0 radical (unpaired) electrons. The molecule has 1 atom stereocenters. The van der Waals surface area contributed by atoms with Gasteiger partial charge in [0.05, 0.1) is 22.9 Å². The van der Waals surface area contributed by atoms with E-state index in [0.717, 1.165) is 0 Å². The molecule has 9 heteroatoms. The Morgan fingerprint density at radius 3 is 2.61 bits per heavy atom. The predicted molar refractivity (Wildman–Crippen MR) is 110 cm³/mol. The van der Waals surface area contributed by atoms with Crippen molar-refractivity contribution in [3.05, 3.63) is 81.9 Å². The number of sulfonamides is 1. The number of methoxy groups -OCH3 is 1. The summed E-state index contributed by atoms with van der Waals surface area (Å²) in [5, 5.41) is 0.681. The molecule has 148 valence electrons. The molecule has 0 saturated carbocycles. The molecule has 0 aliphatic heterocycles. The highest BCUT2D eigenvalue weighted by molar-refractivity contribution is 7.88. The molecule has 0 fully saturated rings. The maximum atomic E-state index is 12.9. The van der Waals surface area contributed by atoms with Gasteiger partial charge in [0.1, 0.15) is 17.6 Å². The molecule has 0 aliphatic rings. The second-order valence-corrected chi connectivity index (χ2v) is 8.80. The minimum absolute atomic E-state index is 0.241. The number of halogens is 2. The predicted octanol–water partition coefficient (Wildman–Crippen LogP) is 3.94. The van der Waals surface area contributed by atoms with Crippen LogP contribution in [0.1, 0.15) is 23.0 Å². The third-order valence-electron chi connectivity index (χ3n) is 4.18. The van der Waals surface area contributed by atoms with Crippen LogP contribution in [0.3, 0.4) is 0 Å². The van der Waals surface area contributed by atoms with Gasteiger partial charge in [-0.05, 0) is 35.4 Å². The molecular weight excluding hydrogens is 421 g/mol. The summed E-state index contributed by atoms with van der Waals surface area (Å²) in [7, 11) is -0.353. The summed E-state index contributed by atoms with van der Waals surface area (Å²) in [6, 6.07) is 11.3. The Kier molecular flexibility index (Phi) is 6.30. The molecule has 0 saturated heterocycles. The number of aryl methyl sites for hydroxylation is 1. The number of imidazole rings is 1. The molecule has 1 unspecified atom stereocenters. The molecule has 1 N–H and O–H groups in total. The summed E-state index contributed by atoms with van der Waals surface area (Å²) < 4.78 is 35.6. The molecule has 28 heavy (non-hydrogen) atoms. The smallest absolute Gasteiger partial charge is 0.216 e. The van der Waals surface area contributed by atoms with Crippen molar-refractivity contribution in [2.45, 2.75) is 11.8 Å². The largest absolute Gasteiger partial charge is 0.497 e. The summed E-state index contributed by atoms with van der Waals surface area (Å²) in [5.41, 5.74) is 1.25. The van der Waals surface area contributed by atoms with Crippen LogP contribution in [-0.2, 0) is 22.8 Å². The van der Waals surface area contributed by atoms with Gasteiger partial charge in [0.25, 0.3) is 0 Å². The number of nitrogens with zero attached hydrogens (tertiary/aromatic N) is 2. The van der Waals surface area contributed by atoms with Crippen LogP contribution >= 0.6 is 23.2 Å². The van der Waals surface area contributed by atoms with Crippen molar-refractivity contribution < 1.29 is 13.2 Å². The minimum atomic E-state index is -3.72. The van der Waals surface area contributed by atoms with Crippen molar-refractivity contribution in [1.29, 1.82) is 0 Å². The molecule has 0 spiro atoms. The molecule has 3 rings (SSSR count). The first-order valence-electron chi connectivity index (χ1n) is 8.34. The van der Waals surface area contributed by atoms with Gasteiger partial charge in [-0.25, -0.2) is 13.4 Å². The van der Waals surface area contributed by atoms with E-state index >= 15 is 0 Å². The molecule has 6 nitrogen and oxygen atoms in total. The fourth-order valence-electron chi connectivity index (χ4n) is 2.82. The zero-order chi connectivity index (χ0) is 20.3. The lowest BCUT2D eigenvalue weighted by molar-refractivity contribution is 0.413. The highest BCUT2D eigenvalue weighted by Gasteiger charge is 2.25. The van der Waals surface area contributed by atoms with E-state index in [9.17, 15) is 8.42 Å². The van der Waals surface area contributed by atoms with Gasteiger partial charge >= 0.3 is 0 Å². The van der Waals surface area contributed by atoms with Gasteiger partial charge in [0.15, 0.2) is 0 Å². The van der Waals surface area contributed by atoms with Crippen LogP contribution in [0.15, 0.2) is 54.9 Å². The second-order valence-electron chi connectivity index (χ2n) is 6.23. The van der Waals surface area contributed by atoms with Crippen molar-refractivity contribution >= 4 is 33.2 Å². The van der Waals surface area contributed by atoms with Gasteiger partial charge in [0.2, 0.25) is 10.0 Å². The molecule has 1 aromatic heterocycles. The van der Waals surface area contributed by atoms with Crippen molar-refractivity contribution in [2.24, 2.45) is 7.05 Å². The average Bonchev–Trinajstić information content (AvgIpc) is 3.08. The number of hydrogen-bond donors (Lipinski definition) is 1. The zero-order valence-corrected chi connectivity index (χ0v) is 17.6. The fraction of sp³-hybridized carbons (Fsp3) is 0.211. The van der Waals surface area contributed by atoms with Gasteiger partial charge in [-0.3, -0.25) is 0 Å². The fourth-order valence-corrected chi connectivity index (χ4v) is 4.44. The Hall–Kier alpha value is -2.06. The van der Waals surface area contributed by atoms with Gasteiger partial charge in [-0.15, -0.1) is 0 Å². The van der Waals surface area contributed by atoms with Crippen LogP contribution in [0.4, 0.5) is 0 Å². The van der Waals surface area contributed by atoms with Crippen LogP contribution in [0, 0.1) is 0 Å². The van der Waals surface area contributed by atoms with Gasteiger partial charge in [-0.1, -0.05) is 41.4 Å². The topological polar surface area (TPSA) is 73.2 Å². The highest BCUT2D eigenvalue weighted by Crippen LogP contribution is 2.27. The number of aromatic nitrogens is 2. The highest BCUT2D eigenvalue weighted by atomic mass is 35.5. The van der Waals surface area contributed by atoms with Gasteiger partial charge in [0, 0.05) is 19.4 Å². The molecule has 0 aliphatic carbocycles. The van der Waals surface area contributed by atoms with E-state index < -0.39 is 16.1 Å². The summed E-state index contributed by atoms with van der Waals surface area (Å²) >= 11 is 11.9. The lowest BCUT2D eigenvalue weighted by Gasteiger charge is -2.20. The van der Waals surface area contributed by atoms with Crippen LogP contribution in [0.5, 0.6) is 5.75 Å². The number of nitrogens with one attached hydrogen (secondary N) is 1. The Morgan fingerprint density at radius 1 is 1.18 bits per heavy atom. The minimum Gasteiger partial charge on any atom is -0.497 e. The number of hydrogen-bond acceptors (Lipinski definition) is 4. The third kappa shape index (κ3) is 4.86. The van der Waals surface area contributed by atoms with Crippen molar-refractivity contribution in [3.63, 3.8) is 0 Å². The summed E-state index contributed by atoms with van der Waals surface area (Å²) in [4.78, 5) is 4.32. The zero-order valence-electron chi connectivity index (χ0n) is 15.3. The number of rotatable bonds is 7. The SMILES string of the molecule is COc1cccc(C(NS(=O)(=O)Cc2ccc(Cl)c(Cl)c2)c2nccn2C)c1. The van der Waals surface area contributed by atoms with E-state index in [2.05, 4.69) is 9.71 Å². The Bertz CT molecular complexity index is 1080. The van der Waals surface area contributed by atoms with Gasteiger partial charge < -0.3 is 9.30 Å². The maximum Gasteiger partial charge on any atom is 0.216 e. The van der Waals surface area contributed by atoms with Crippen LogP contribution in [0.2, 0.25) is 10.0 Å². The van der Waals surface area contributed by atoms with E-state index in [-0.39, 0.29) is 5.75 Å². The van der Waals surface area contributed by atoms with Crippen molar-refractivity contribution in [1.82, 2.24) is 14.3 Å². The second kappa shape index (κ2) is 8.53. The standard InChI is InChI=1S/C19H19Cl2N3O3S/c1-24-9-8-22-19(24)18(14-4-3-5-15(11-14)27-2)23-28(25,26)12-13-6-7-16(20)17(21)10-13/h3-11,18,23H,12H2,1-2H3. The Morgan fingerprint density at radius 2 is 1.96 bits per heavy atom. The normalized spacial score (nSPS) is 12.7. The van der Waals surface area contributed by atoms with Crippen LogP contribution in [0.25, 0.3) is 0 Å². The first kappa shape index (κ1) is 20.7. The molecular formula is C19H19Cl2N3O3S. The molecule has 1 heterocycles. The Labute approximate surface area is 174 Å². The average molecular weight is 440 g/mol. The summed E-state index contributed by atoms with van der Waals surface area (Å²) in [6.45, 7) is 0. The first-order chi connectivity index (χ1) is 13.3. The maximum absolute atomic E-state index is 12.9. The molecule has 0 amide bonds. The van der Waals surface area contributed by atoms with Gasteiger partial charge in [-0.2, -0.15) is 4.72 Å². The number of ether oxygens (including phenoxy) is 1. The quantitative estimate of drug-likeness (QED) is 0.604. The Balaban J connectivity index is 1.94. The van der Waals surface area contributed by atoms with E-state index in [4.69, 9.17) is 27.9 Å². The van der Waals surface area contributed by atoms with E-state index in [1.807, 2.05) is 13.1 Å². The van der Waals surface area contributed by atoms with Crippen LogP contribution in [-0.4, -0.2) is 25.1 Å². The van der Waals surface area contributed by atoms with Crippen molar-refractivity contribution in [2.75, 3.05) is 7.11 Å². The third-order valence-corrected chi connectivity index (χ3v) is 6.23. The van der Waals surface area contributed by atoms with E-state index in [1.165, 1.54) is 0 Å². The molecule has 0 bridgehead atoms. The van der Waals surface area contributed by atoms with E-state index in [1.54, 1.807) is 60.5 Å². The lowest BCUT2D eigenvalue weighted by Crippen LogP contribution is -2.32. The first-order valence-corrected chi connectivity index (χ1v) is 10.7.